The van der Waals surface area contributed by atoms with E-state index in [2.05, 4.69) is 32.6 Å². The second-order valence-corrected chi connectivity index (χ2v) is 5.69. The molecule has 0 saturated heterocycles. The molecule has 0 radical (unpaired) electrons. The van der Waals surface area contributed by atoms with E-state index in [1.165, 1.54) is 0 Å². The number of carbonyl (C=O) groups excluding carboxylic acids is 1. The monoisotopic (exact) mass is 341 g/mol. The van der Waals surface area contributed by atoms with E-state index < -0.39 is 0 Å². The molecule has 1 heterocycles. The molecule has 0 bridgehead atoms. The number of fused-ring (bicyclic) bond motifs is 1. The van der Waals surface area contributed by atoms with Gasteiger partial charge < -0.3 is 15.5 Å². The lowest BCUT2D eigenvalue weighted by atomic mass is 10.1. The fourth-order valence-corrected chi connectivity index (χ4v) is 3.01. The van der Waals surface area contributed by atoms with Gasteiger partial charge in [0.25, 0.3) is 0 Å². The highest BCUT2D eigenvalue weighted by Gasteiger charge is 2.26. The fraction of sp³-hybridized carbons (Fsp3) is 0.385. The molecule has 6 heteroatoms. The van der Waals surface area contributed by atoms with Gasteiger partial charge in [-0.3, -0.25) is 4.79 Å². The number of amides is 1. The van der Waals surface area contributed by atoms with Gasteiger partial charge >= 0.3 is 0 Å². The number of halogens is 1. The second kappa shape index (κ2) is 5.88. The highest BCUT2D eigenvalue weighted by molar-refractivity contribution is 9.10. The minimum Gasteiger partial charge on any atom is -0.363 e. The van der Waals surface area contributed by atoms with Crippen molar-refractivity contribution in [1.29, 1.82) is 0 Å². The van der Waals surface area contributed by atoms with E-state index in [1.54, 1.807) is 11.8 Å². The Labute approximate surface area is 126 Å². The van der Waals surface area contributed by atoms with Crippen LogP contribution in [0.4, 0.5) is 11.4 Å². The van der Waals surface area contributed by atoms with Crippen LogP contribution in [-0.2, 0) is 11.2 Å². The first-order chi connectivity index (χ1) is 9.02. The molecule has 4 nitrogen and oxygen atoms in total. The van der Waals surface area contributed by atoms with Crippen LogP contribution in [-0.4, -0.2) is 24.1 Å². The van der Waals surface area contributed by atoms with E-state index in [4.69, 9.17) is 12.2 Å². The first kappa shape index (κ1) is 14.3. The SMILES string of the molecule is CCNC(=S)Nc1cc(Br)cc2c1N(C(C)=O)CC2. The number of rotatable bonds is 2. The summed E-state index contributed by atoms with van der Waals surface area (Å²) in [4.78, 5) is 13.5. The summed E-state index contributed by atoms with van der Waals surface area (Å²) < 4.78 is 0.985. The topological polar surface area (TPSA) is 44.4 Å². The average Bonchev–Trinajstić information content (AvgIpc) is 2.72. The summed E-state index contributed by atoms with van der Waals surface area (Å²) in [6.45, 7) is 5.06. The molecule has 19 heavy (non-hydrogen) atoms. The molecule has 1 aliphatic rings. The van der Waals surface area contributed by atoms with E-state index in [1.807, 2.05) is 13.0 Å². The predicted molar refractivity (Wildman–Crippen MR) is 85.8 cm³/mol. The van der Waals surface area contributed by atoms with Crippen LogP contribution in [0.25, 0.3) is 0 Å². The summed E-state index contributed by atoms with van der Waals surface area (Å²) in [6.07, 6.45) is 0.872. The number of benzene rings is 1. The van der Waals surface area contributed by atoms with Crippen molar-refractivity contribution >= 4 is 50.5 Å². The van der Waals surface area contributed by atoms with Crippen molar-refractivity contribution < 1.29 is 4.79 Å². The molecule has 0 saturated carbocycles. The number of thiocarbonyl (C=S) groups is 1. The van der Waals surface area contributed by atoms with Crippen LogP contribution in [0.2, 0.25) is 0 Å². The Kier molecular flexibility index (Phi) is 4.42. The first-order valence-corrected chi connectivity index (χ1v) is 7.38. The molecular weight excluding hydrogens is 326 g/mol. The van der Waals surface area contributed by atoms with Gasteiger partial charge in [0.05, 0.1) is 11.4 Å². The molecule has 1 aromatic rings. The lowest BCUT2D eigenvalue weighted by Crippen LogP contribution is -2.30. The van der Waals surface area contributed by atoms with Gasteiger partial charge in [-0.05, 0) is 43.3 Å². The molecule has 2 N–H and O–H groups in total. The Balaban J connectivity index is 2.38. The third kappa shape index (κ3) is 3.06. The van der Waals surface area contributed by atoms with Crippen molar-refractivity contribution in [3.63, 3.8) is 0 Å². The zero-order chi connectivity index (χ0) is 14.0. The van der Waals surface area contributed by atoms with Crippen LogP contribution in [0.15, 0.2) is 16.6 Å². The molecule has 0 aliphatic carbocycles. The van der Waals surface area contributed by atoms with Gasteiger partial charge in [0, 0.05) is 24.5 Å². The zero-order valence-electron chi connectivity index (χ0n) is 10.9. The average molecular weight is 342 g/mol. The largest absolute Gasteiger partial charge is 0.363 e. The Hall–Kier alpha value is -1.14. The molecular formula is C13H16BrN3OS. The normalized spacial score (nSPS) is 13.1. The van der Waals surface area contributed by atoms with Gasteiger partial charge in [-0.1, -0.05) is 15.9 Å². The number of hydrogen-bond acceptors (Lipinski definition) is 2. The molecule has 0 unspecified atom stereocenters. The summed E-state index contributed by atoms with van der Waals surface area (Å²) in [5.41, 5.74) is 2.96. The molecule has 0 atom stereocenters. The molecule has 0 aromatic heterocycles. The number of carbonyl (C=O) groups is 1. The van der Waals surface area contributed by atoms with Gasteiger partial charge in [0.2, 0.25) is 5.91 Å². The minimum atomic E-state index is 0.0542. The molecule has 0 fully saturated rings. The van der Waals surface area contributed by atoms with E-state index in [0.29, 0.717) is 5.11 Å². The Morgan fingerprint density at radius 1 is 1.53 bits per heavy atom. The van der Waals surface area contributed by atoms with Gasteiger partial charge in [-0.15, -0.1) is 0 Å². The predicted octanol–water partition coefficient (Wildman–Crippen LogP) is 2.66. The summed E-state index contributed by atoms with van der Waals surface area (Å²) in [6, 6.07) is 4.00. The summed E-state index contributed by atoms with van der Waals surface area (Å²) in [5, 5.41) is 6.78. The van der Waals surface area contributed by atoms with E-state index >= 15 is 0 Å². The number of hydrogen-bond donors (Lipinski definition) is 2. The van der Waals surface area contributed by atoms with Crippen molar-refractivity contribution in [2.24, 2.45) is 0 Å². The number of nitrogens with zero attached hydrogens (tertiary/aromatic N) is 1. The first-order valence-electron chi connectivity index (χ1n) is 6.18. The van der Waals surface area contributed by atoms with Gasteiger partial charge in [-0.25, -0.2) is 0 Å². The summed E-state index contributed by atoms with van der Waals surface area (Å²) in [7, 11) is 0. The van der Waals surface area contributed by atoms with Crippen molar-refractivity contribution in [1.82, 2.24) is 5.32 Å². The second-order valence-electron chi connectivity index (χ2n) is 4.37. The van der Waals surface area contributed by atoms with Gasteiger partial charge in [0.15, 0.2) is 5.11 Å². The van der Waals surface area contributed by atoms with Crippen molar-refractivity contribution in [3.05, 3.63) is 22.2 Å². The third-order valence-corrected chi connectivity index (χ3v) is 3.70. The van der Waals surface area contributed by atoms with Crippen LogP contribution in [0.3, 0.4) is 0 Å². The Morgan fingerprint density at radius 2 is 2.26 bits per heavy atom. The standard InChI is InChI=1S/C13H16BrN3OS/c1-3-15-13(19)16-11-7-10(14)6-9-4-5-17(8(2)18)12(9)11/h6-7H,3-5H2,1-2H3,(H2,15,16,19). The van der Waals surface area contributed by atoms with Crippen LogP contribution in [0, 0.1) is 0 Å². The zero-order valence-corrected chi connectivity index (χ0v) is 13.3. The summed E-state index contributed by atoms with van der Waals surface area (Å²) >= 11 is 8.71. The molecule has 0 spiro atoms. The van der Waals surface area contributed by atoms with Crippen LogP contribution < -0.4 is 15.5 Å². The molecule has 1 aliphatic heterocycles. The van der Waals surface area contributed by atoms with Gasteiger partial charge in [0.1, 0.15) is 0 Å². The number of nitrogens with one attached hydrogen (secondary N) is 2. The highest BCUT2D eigenvalue weighted by atomic mass is 79.9. The van der Waals surface area contributed by atoms with E-state index in [0.717, 1.165) is 40.9 Å². The minimum absolute atomic E-state index is 0.0542. The molecule has 1 aromatic carbocycles. The third-order valence-electron chi connectivity index (χ3n) is 2.99. The lowest BCUT2D eigenvalue weighted by molar-refractivity contribution is -0.116. The summed E-state index contributed by atoms with van der Waals surface area (Å²) in [5.74, 6) is 0.0542. The smallest absolute Gasteiger partial charge is 0.223 e. The van der Waals surface area contributed by atoms with Crippen molar-refractivity contribution in [2.45, 2.75) is 20.3 Å². The molecule has 1 amide bonds. The maximum atomic E-state index is 11.7. The Morgan fingerprint density at radius 3 is 2.89 bits per heavy atom. The van der Waals surface area contributed by atoms with E-state index in [9.17, 15) is 4.79 Å². The quantitative estimate of drug-likeness (QED) is 0.811. The lowest BCUT2D eigenvalue weighted by Gasteiger charge is -2.20. The van der Waals surface area contributed by atoms with Crippen LogP contribution in [0.5, 0.6) is 0 Å². The van der Waals surface area contributed by atoms with Crippen molar-refractivity contribution in [3.8, 4) is 0 Å². The number of anilines is 2. The van der Waals surface area contributed by atoms with Crippen molar-refractivity contribution in [2.75, 3.05) is 23.3 Å². The Bertz CT molecular complexity index is 533. The van der Waals surface area contributed by atoms with Gasteiger partial charge in [-0.2, -0.15) is 0 Å². The van der Waals surface area contributed by atoms with E-state index in [-0.39, 0.29) is 5.91 Å². The molecule has 2 rings (SSSR count). The molecule has 102 valence electrons. The highest BCUT2D eigenvalue weighted by Crippen LogP contribution is 2.38. The maximum absolute atomic E-state index is 11.7. The van der Waals surface area contributed by atoms with Crippen LogP contribution in [0.1, 0.15) is 19.4 Å². The maximum Gasteiger partial charge on any atom is 0.223 e. The van der Waals surface area contributed by atoms with Crippen LogP contribution >= 0.6 is 28.1 Å². The fourth-order valence-electron chi connectivity index (χ4n) is 2.25.